The lowest BCUT2D eigenvalue weighted by molar-refractivity contribution is 0.0984. The van der Waals surface area contributed by atoms with E-state index >= 15 is 0 Å². The van der Waals surface area contributed by atoms with Gasteiger partial charge in [0.15, 0.2) is 0 Å². The van der Waals surface area contributed by atoms with Crippen molar-refractivity contribution >= 4 is 33.0 Å². The highest BCUT2D eigenvalue weighted by atomic mass is 32.1. The molecule has 0 unspecified atom stereocenters. The molecule has 28 heavy (non-hydrogen) atoms. The Bertz CT molecular complexity index is 1060. The smallest absolute Gasteiger partial charge is 0.268 e. The van der Waals surface area contributed by atoms with Crippen molar-refractivity contribution in [2.45, 2.75) is 26.4 Å². The summed E-state index contributed by atoms with van der Waals surface area (Å²) in [5.74, 6) is 0.235. The second kappa shape index (κ2) is 7.53. The van der Waals surface area contributed by atoms with E-state index in [1.807, 2.05) is 18.2 Å². The van der Waals surface area contributed by atoms with Crippen molar-refractivity contribution < 1.29 is 18.7 Å². The highest BCUT2D eigenvalue weighted by molar-refractivity contribution is 7.21. The molecular formula is C22H22FNO3S. The summed E-state index contributed by atoms with van der Waals surface area (Å²) in [6, 6.07) is 8.86. The van der Waals surface area contributed by atoms with Gasteiger partial charge in [0.2, 0.25) is 0 Å². The number of hydrogen-bond donors (Lipinski definition) is 0. The van der Waals surface area contributed by atoms with Crippen LogP contribution in [0.2, 0.25) is 0 Å². The Balaban J connectivity index is 1.88. The lowest BCUT2D eigenvalue weighted by Crippen LogP contribution is -2.36. The molecule has 0 radical (unpaired) electrons. The number of ether oxygens (including phenoxy) is 2. The van der Waals surface area contributed by atoms with E-state index in [1.165, 1.54) is 17.4 Å². The van der Waals surface area contributed by atoms with Crippen LogP contribution >= 0.6 is 11.3 Å². The number of benzene rings is 2. The zero-order valence-electron chi connectivity index (χ0n) is 16.2. The van der Waals surface area contributed by atoms with Crippen LogP contribution in [0, 0.1) is 12.7 Å². The molecule has 0 saturated carbocycles. The van der Waals surface area contributed by atoms with E-state index in [2.05, 4.69) is 6.92 Å². The lowest BCUT2D eigenvalue weighted by atomic mass is 9.96. The molecule has 146 valence electrons. The molecule has 0 bridgehead atoms. The van der Waals surface area contributed by atoms with Crippen LogP contribution in [0.15, 0.2) is 30.3 Å². The maximum absolute atomic E-state index is 14.5. The van der Waals surface area contributed by atoms with E-state index in [4.69, 9.17) is 9.47 Å². The van der Waals surface area contributed by atoms with Gasteiger partial charge >= 0.3 is 0 Å². The van der Waals surface area contributed by atoms with Crippen molar-refractivity contribution in [3.8, 4) is 5.75 Å². The molecule has 0 atom stereocenters. The van der Waals surface area contributed by atoms with Crippen molar-refractivity contribution in [2.24, 2.45) is 0 Å². The summed E-state index contributed by atoms with van der Waals surface area (Å²) in [6.07, 6.45) is 1.79. The van der Waals surface area contributed by atoms with E-state index < -0.39 is 0 Å². The van der Waals surface area contributed by atoms with Gasteiger partial charge in [0, 0.05) is 29.3 Å². The third-order valence-corrected chi connectivity index (χ3v) is 6.45. The third kappa shape index (κ3) is 2.97. The molecule has 0 saturated heterocycles. The van der Waals surface area contributed by atoms with Gasteiger partial charge < -0.3 is 14.4 Å². The molecule has 0 aliphatic carbocycles. The second-order valence-electron chi connectivity index (χ2n) is 6.93. The fourth-order valence-electron chi connectivity index (χ4n) is 3.97. The minimum Gasteiger partial charge on any atom is -0.495 e. The average molecular weight is 399 g/mol. The van der Waals surface area contributed by atoms with Crippen LogP contribution in [0.3, 0.4) is 0 Å². The van der Waals surface area contributed by atoms with Crippen LogP contribution < -0.4 is 9.64 Å². The van der Waals surface area contributed by atoms with Crippen molar-refractivity contribution in [3.05, 3.63) is 57.7 Å². The summed E-state index contributed by atoms with van der Waals surface area (Å²) in [6.45, 7) is 2.85. The van der Waals surface area contributed by atoms with Crippen LogP contribution in [0.4, 0.5) is 10.1 Å². The van der Waals surface area contributed by atoms with Gasteiger partial charge in [0.05, 0.1) is 24.3 Å². The molecule has 1 aliphatic rings. The lowest BCUT2D eigenvalue weighted by Gasteiger charge is -2.32. The Labute approximate surface area is 167 Å². The summed E-state index contributed by atoms with van der Waals surface area (Å²) in [7, 11) is 3.18. The molecule has 0 N–H and O–H groups in total. The van der Waals surface area contributed by atoms with Gasteiger partial charge in [0.1, 0.15) is 11.6 Å². The van der Waals surface area contributed by atoms with Crippen LogP contribution in [0.5, 0.6) is 5.75 Å². The Hall–Kier alpha value is -2.44. The summed E-state index contributed by atoms with van der Waals surface area (Å²) >= 11 is 1.32. The van der Waals surface area contributed by atoms with Gasteiger partial charge in [-0.1, -0.05) is 12.1 Å². The van der Waals surface area contributed by atoms with E-state index in [-0.39, 0.29) is 18.3 Å². The summed E-state index contributed by atoms with van der Waals surface area (Å²) in [5.41, 5.74) is 3.73. The van der Waals surface area contributed by atoms with Crippen molar-refractivity contribution in [2.75, 3.05) is 25.7 Å². The van der Waals surface area contributed by atoms with Gasteiger partial charge in [-0.05, 0) is 49.1 Å². The van der Waals surface area contributed by atoms with E-state index in [9.17, 15) is 9.18 Å². The van der Waals surface area contributed by atoms with Gasteiger partial charge in [0.25, 0.3) is 5.91 Å². The Morgan fingerprint density at radius 1 is 1.25 bits per heavy atom. The maximum atomic E-state index is 14.5. The van der Waals surface area contributed by atoms with Gasteiger partial charge in [-0.3, -0.25) is 4.79 Å². The van der Waals surface area contributed by atoms with Gasteiger partial charge in [-0.25, -0.2) is 4.39 Å². The molecule has 1 amide bonds. The molecule has 1 aromatic heterocycles. The van der Waals surface area contributed by atoms with Crippen molar-refractivity contribution in [1.82, 2.24) is 0 Å². The molecule has 0 fully saturated rings. The number of amides is 1. The number of anilines is 1. The molecule has 0 spiro atoms. The number of halogens is 1. The monoisotopic (exact) mass is 399 g/mol. The maximum Gasteiger partial charge on any atom is 0.268 e. The fourth-order valence-corrected chi connectivity index (χ4v) is 5.14. The van der Waals surface area contributed by atoms with Crippen LogP contribution in [-0.2, 0) is 17.8 Å². The molecule has 4 nitrogen and oxygen atoms in total. The molecule has 4 rings (SSSR count). The van der Waals surface area contributed by atoms with Gasteiger partial charge in [-0.15, -0.1) is 11.3 Å². The zero-order valence-corrected chi connectivity index (χ0v) is 17.0. The first-order valence-electron chi connectivity index (χ1n) is 9.24. The number of aryl methyl sites for hydroxylation is 1. The Morgan fingerprint density at radius 2 is 2.07 bits per heavy atom. The van der Waals surface area contributed by atoms with Crippen LogP contribution in [0.1, 0.15) is 32.8 Å². The molecular weight excluding hydrogens is 377 g/mol. The van der Waals surface area contributed by atoms with Crippen molar-refractivity contribution in [1.29, 1.82) is 0 Å². The highest BCUT2D eigenvalue weighted by Gasteiger charge is 2.31. The number of thiophene rings is 1. The topological polar surface area (TPSA) is 38.8 Å². The molecule has 3 aromatic rings. The van der Waals surface area contributed by atoms with E-state index in [1.54, 1.807) is 25.2 Å². The predicted octanol–water partition coefficient (Wildman–Crippen LogP) is 5.10. The summed E-state index contributed by atoms with van der Waals surface area (Å²) < 4.78 is 26.1. The number of nitrogens with zero attached hydrogens (tertiary/aromatic N) is 1. The van der Waals surface area contributed by atoms with Crippen LogP contribution in [0.25, 0.3) is 10.1 Å². The quantitative estimate of drug-likeness (QED) is 0.613. The molecule has 6 heteroatoms. The SMILES string of the molecule is COCc1c(C(=O)N2CCCc3c(C)ccc(OC)c32)sc2cccc(F)c12. The van der Waals surface area contributed by atoms with E-state index in [0.29, 0.717) is 28.1 Å². The van der Waals surface area contributed by atoms with Crippen LogP contribution in [-0.4, -0.2) is 26.7 Å². The van der Waals surface area contributed by atoms with Crippen molar-refractivity contribution in [3.63, 3.8) is 0 Å². The minimum absolute atomic E-state index is 0.127. The zero-order chi connectivity index (χ0) is 19.8. The number of hydrogen-bond acceptors (Lipinski definition) is 4. The summed E-state index contributed by atoms with van der Waals surface area (Å²) in [5, 5.41) is 0.478. The standard InChI is InChI=1S/C22H22FNO3S/c1-13-9-10-17(27-3)20-14(13)6-5-11-24(20)22(25)21-15(12-26-2)19-16(23)7-4-8-18(19)28-21/h4,7-10H,5-6,11-12H2,1-3H3. The first-order valence-corrected chi connectivity index (χ1v) is 10.1. The molecule has 2 aromatic carbocycles. The van der Waals surface area contributed by atoms with Gasteiger partial charge in [-0.2, -0.15) is 0 Å². The second-order valence-corrected chi connectivity index (χ2v) is 7.98. The minimum atomic E-state index is -0.327. The first kappa shape index (κ1) is 18.9. The first-order chi connectivity index (χ1) is 13.6. The third-order valence-electron chi connectivity index (χ3n) is 5.27. The number of carbonyl (C=O) groups excluding carboxylic acids is 1. The number of methoxy groups -OCH3 is 2. The summed E-state index contributed by atoms with van der Waals surface area (Å²) in [4.78, 5) is 15.9. The van der Waals surface area contributed by atoms with E-state index in [0.717, 1.165) is 34.4 Å². The number of fused-ring (bicyclic) bond motifs is 2. The highest BCUT2D eigenvalue weighted by Crippen LogP contribution is 2.41. The number of carbonyl (C=O) groups is 1. The Kier molecular flexibility index (Phi) is 5.08. The number of rotatable bonds is 4. The largest absolute Gasteiger partial charge is 0.495 e. The normalized spacial score (nSPS) is 13.6. The predicted molar refractivity (Wildman–Crippen MR) is 110 cm³/mol. The average Bonchev–Trinajstić information content (AvgIpc) is 3.08. The molecule has 1 aliphatic heterocycles. The molecule has 2 heterocycles. The Morgan fingerprint density at radius 3 is 2.82 bits per heavy atom. The fraction of sp³-hybridized carbons (Fsp3) is 0.318.